The molecule has 0 bridgehead atoms. The van der Waals surface area contributed by atoms with Gasteiger partial charge in [-0.1, -0.05) is 6.07 Å². The van der Waals surface area contributed by atoms with Crippen LogP contribution in [0, 0.1) is 17.0 Å². The van der Waals surface area contributed by atoms with E-state index < -0.39 is 20.9 Å². The van der Waals surface area contributed by atoms with Crippen LogP contribution < -0.4 is 5.32 Å². The van der Waals surface area contributed by atoms with E-state index in [9.17, 15) is 28.4 Å². The molecule has 0 aliphatic heterocycles. The highest BCUT2D eigenvalue weighted by Gasteiger charge is 2.20. The number of anilines is 1. The molecule has 0 aliphatic carbocycles. The summed E-state index contributed by atoms with van der Waals surface area (Å²) in [5.41, 5.74) is 0.0583. The van der Waals surface area contributed by atoms with Crippen LogP contribution in [0.25, 0.3) is 0 Å². The number of hydrogen-bond acceptors (Lipinski definition) is 6. The molecule has 138 valence electrons. The third-order valence-corrected chi connectivity index (χ3v) is 5.47. The van der Waals surface area contributed by atoms with Crippen LogP contribution in [-0.4, -0.2) is 42.8 Å². The van der Waals surface area contributed by atoms with Gasteiger partial charge in [-0.05, 0) is 31.2 Å². The zero-order valence-electron chi connectivity index (χ0n) is 14.3. The number of nitro benzene ring substituents is 1. The van der Waals surface area contributed by atoms with Gasteiger partial charge in [-0.15, -0.1) is 0 Å². The number of carbonyl (C=O) groups is 1. The molecule has 0 fully saturated rings. The van der Waals surface area contributed by atoms with Gasteiger partial charge in [0.15, 0.2) is 0 Å². The molecule has 0 unspecified atom stereocenters. The molecule has 0 aliphatic rings. The largest absolute Gasteiger partial charge is 0.506 e. The molecule has 0 heterocycles. The van der Waals surface area contributed by atoms with Gasteiger partial charge >= 0.3 is 0 Å². The van der Waals surface area contributed by atoms with E-state index in [-0.39, 0.29) is 27.6 Å². The molecule has 9 nitrogen and oxygen atoms in total. The number of benzene rings is 2. The fraction of sp³-hybridized carbons (Fsp3) is 0.188. The Morgan fingerprint density at radius 1 is 1.19 bits per heavy atom. The fourth-order valence-corrected chi connectivity index (χ4v) is 3.06. The molecule has 0 atom stereocenters. The number of phenolic OH excluding ortho intramolecular Hbond substituents is 1. The van der Waals surface area contributed by atoms with Crippen molar-refractivity contribution < 1.29 is 23.2 Å². The number of amides is 1. The number of sulfonamides is 1. The van der Waals surface area contributed by atoms with Gasteiger partial charge in [-0.3, -0.25) is 14.9 Å². The second kappa shape index (κ2) is 7.10. The van der Waals surface area contributed by atoms with E-state index in [2.05, 4.69) is 5.32 Å². The Bertz CT molecular complexity index is 985. The lowest BCUT2D eigenvalue weighted by Gasteiger charge is -2.14. The van der Waals surface area contributed by atoms with Crippen molar-refractivity contribution in [3.8, 4) is 5.75 Å². The van der Waals surface area contributed by atoms with Crippen molar-refractivity contribution in [1.82, 2.24) is 4.31 Å². The maximum Gasteiger partial charge on any atom is 0.273 e. The molecule has 0 aromatic heterocycles. The molecule has 2 aromatic rings. The average molecular weight is 379 g/mol. The first-order valence-electron chi connectivity index (χ1n) is 7.36. The first-order chi connectivity index (χ1) is 12.0. The molecule has 0 saturated heterocycles. The molecule has 0 spiro atoms. The Labute approximate surface area is 150 Å². The van der Waals surface area contributed by atoms with Crippen molar-refractivity contribution in [3.05, 3.63) is 57.6 Å². The summed E-state index contributed by atoms with van der Waals surface area (Å²) in [6.45, 7) is 1.54. The second-order valence-electron chi connectivity index (χ2n) is 5.68. The minimum atomic E-state index is -3.76. The minimum Gasteiger partial charge on any atom is -0.506 e. The van der Waals surface area contributed by atoms with Crippen LogP contribution in [0.15, 0.2) is 41.3 Å². The summed E-state index contributed by atoms with van der Waals surface area (Å²) in [5, 5.41) is 23.3. The number of nitro groups is 1. The predicted octanol–water partition coefficient (Wildman–Crippen LogP) is 2.11. The smallest absolute Gasteiger partial charge is 0.273 e. The third kappa shape index (κ3) is 3.81. The van der Waals surface area contributed by atoms with Crippen LogP contribution in [0.3, 0.4) is 0 Å². The van der Waals surface area contributed by atoms with Crippen molar-refractivity contribution >= 4 is 27.3 Å². The summed E-state index contributed by atoms with van der Waals surface area (Å²) < 4.78 is 25.3. The molecular formula is C16H17N3O6S. The van der Waals surface area contributed by atoms with Crippen LogP contribution in [0.5, 0.6) is 5.75 Å². The number of aryl methyl sites for hydroxylation is 1. The van der Waals surface area contributed by atoms with E-state index in [1.807, 2.05) is 0 Å². The van der Waals surface area contributed by atoms with E-state index in [1.165, 1.54) is 32.3 Å². The standard InChI is InChI=1S/C16H17N3O6S/c1-10-4-5-11(8-14(10)19(22)23)16(21)17-13-9-12(6-7-15(13)20)26(24,25)18(2)3/h4-9,20H,1-3H3,(H,17,21). The minimum absolute atomic E-state index is 0.00238. The van der Waals surface area contributed by atoms with Crippen LogP contribution in [0.4, 0.5) is 11.4 Å². The summed E-state index contributed by atoms with van der Waals surface area (Å²) in [4.78, 5) is 22.6. The number of hydrogen-bond donors (Lipinski definition) is 2. The predicted molar refractivity (Wildman–Crippen MR) is 94.8 cm³/mol. The number of nitrogens with one attached hydrogen (secondary N) is 1. The van der Waals surface area contributed by atoms with E-state index >= 15 is 0 Å². The first kappa shape index (κ1) is 19.3. The molecule has 10 heteroatoms. The Morgan fingerprint density at radius 3 is 2.42 bits per heavy atom. The first-order valence-corrected chi connectivity index (χ1v) is 8.80. The third-order valence-electron chi connectivity index (χ3n) is 3.66. The lowest BCUT2D eigenvalue weighted by molar-refractivity contribution is -0.385. The number of nitrogens with zero attached hydrogens (tertiary/aromatic N) is 2. The van der Waals surface area contributed by atoms with Crippen LogP contribution in [0.2, 0.25) is 0 Å². The summed E-state index contributed by atoms with van der Waals surface area (Å²) in [7, 11) is -1.05. The van der Waals surface area contributed by atoms with Gasteiger partial charge in [0.25, 0.3) is 11.6 Å². The Morgan fingerprint density at radius 2 is 1.85 bits per heavy atom. The average Bonchev–Trinajstić information content (AvgIpc) is 2.56. The molecule has 1 amide bonds. The van der Waals surface area contributed by atoms with Gasteiger partial charge in [0.05, 0.1) is 15.5 Å². The van der Waals surface area contributed by atoms with Gasteiger partial charge in [0.1, 0.15) is 5.75 Å². The van der Waals surface area contributed by atoms with Crippen molar-refractivity contribution in [2.75, 3.05) is 19.4 Å². The van der Waals surface area contributed by atoms with Crippen molar-refractivity contribution in [1.29, 1.82) is 0 Å². The quantitative estimate of drug-likeness (QED) is 0.465. The van der Waals surface area contributed by atoms with Crippen LogP contribution in [-0.2, 0) is 10.0 Å². The molecule has 0 saturated carbocycles. The normalized spacial score (nSPS) is 11.4. The maximum absolute atomic E-state index is 12.3. The molecule has 2 rings (SSSR count). The monoisotopic (exact) mass is 379 g/mol. The number of phenols is 1. The summed E-state index contributed by atoms with van der Waals surface area (Å²) in [6, 6.07) is 7.41. The van der Waals surface area contributed by atoms with E-state index in [0.717, 1.165) is 22.5 Å². The second-order valence-corrected chi connectivity index (χ2v) is 7.83. The lowest BCUT2D eigenvalue weighted by atomic mass is 10.1. The zero-order valence-corrected chi connectivity index (χ0v) is 15.1. The van der Waals surface area contributed by atoms with Gasteiger partial charge in [0, 0.05) is 31.3 Å². The van der Waals surface area contributed by atoms with Crippen molar-refractivity contribution in [2.45, 2.75) is 11.8 Å². The maximum atomic E-state index is 12.3. The molecule has 2 N–H and O–H groups in total. The Balaban J connectivity index is 2.38. The summed E-state index contributed by atoms with van der Waals surface area (Å²) in [5.74, 6) is -1.06. The molecule has 2 aromatic carbocycles. The zero-order chi connectivity index (χ0) is 19.6. The molecular weight excluding hydrogens is 362 g/mol. The van der Waals surface area contributed by atoms with Gasteiger partial charge < -0.3 is 10.4 Å². The van der Waals surface area contributed by atoms with E-state index in [4.69, 9.17) is 0 Å². The highest BCUT2D eigenvalue weighted by Crippen LogP contribution is 2.28. The van der Waals surface area contributed by atoms with Crippen molar-refractivity contribution in [2.24, 2.45) is 0 Å². The van der Waals surface area contributed by atoms with Gasteiger partial charge in [-0.2, -0.15) is 0 Å². The Hall–Kier alpha value is -2.98. The number of carbonyl (C=O) groups excluding carboxylic acids is 1. The highest BCUT2D eigenvalue weighted by atomic mass is 32.2. The molecule has 0 radical (unpaired) electrons. The van der Waals surface area contributed by atoms with Crippen LogP contribution >= 0.6 is 0 Å². The topological polar surface area (TPSA) is 130 Å². The fourth-order valence-electron chi connectivity index (χ4n) is 2.13. The highest BCUT2D eigenvalue weighted by molar-refractivity contribution is 7.89. The van der Waals surface area contributed by atoms with Gasteiger partial charge in [0.2, 0.25) is 10.0 Å². The number of aromatic hydroxyl groups is 1. The van der Waals surface area contributed by atoms with Crippen LogP contribution in [0.1, 0.15) is 15.9 Å². The van der Waals surface area contributed by atoms with Crippen molar-refractivity contribution in [3.63, 3.8) is 0 Å². The summed E-state index contributed by atoms with van der Waals surface area (Å²) in [6.07, 6.45) is 0. The van der Waals surface area contributed by atoms with Gasteiger partial charge in [-0.25, -0.2) is 12.7 Å². The molecule has 26 heavy (non-hydrogen) atoms. The Kier molecular flexibility index (Phi) is 5.28. The van der Waals surface area contributed by atoms with E-state index in [1.54, 1.807) is 6.92 Å². The number of rotatable bonds is 5. The summed E-state index contributed by atoms with van der Waals surface area (Å²) >= 11 is 0. The lowest BCUT2D eigenvalue weighted by Crippen LogP contribution is -2.22. The SMILES string of the molecule is Cc1ccc(C(=O)Nc2cc(S(=O)(=O)N(C)C)ccc2O)cc1[N+](=O)[O-]. The van der Waals surface area contributed by atoms with E-state index in [0.29, 0.717) is 5.56 Å².